The lowest BCUT2D eigenvalue weighted by atomic mass is 9.93. The Hall–Kier alpha value is -4.71. The number of amides is 2. The Kier molecular flexibility index (Phi) is 7.62. The maximum Gasteiger partial charge on any atom is 0.411 e. The minimum Gasteiger partial charge on any atom is -0.449 e. The molecule has 3 heterocycles. The molecule has 1 unspecified atom stereocenters. The normalized spacial score (nSPS) is 17.8. The van der Waals surface area contributed by atoms with Crippen molar-refractivity contribution in [1.82, 2.24) is 14.9 Å². The quantitative estimate of drug-likeness (QED) is 0.306. The number of carbonyl (C=O) groups excluding carboxylic acids is 2. The molecule has 0 spiro atoms. The molecular formula is C32H33N5O6S. The molecule has 4 bridgehead atoms. The van der Waals surface area contributed by atoms with Crippen molar-refractivity contribution >= 4 is 44.1 Å². The van der Waals surface area contributed by atoms with Crippen LogP contribution >= 0.6 is 0 Å². The van der Waals surface area contributed by atoms with Crippen molar-refractivity contribution < 1.29 is 22.7 Å². The summed E-state index contributed by atoms with van der Waals surface area (Å²) in [6.07, 6.45) is 2.35. The number of H-pyrrole nitrogens is 1. The van der Waals surface area contributed by atoms with Crippen molar-refractivity contribution in [3.63, 3.8) is 0 Å². The maximum atomic E-state index is 14.3. The Morgan fingerprint density at radius 2 is 1.75 bits per heavy atom. The van der Waals surface area contributed by atoms with Crippen molar-refractivity contribution in [3.05, 3.63) is 93.0 Å². The topological polar surface area (TPSA) is 151 Å². The van der Waals surface area contributed by atoms with Crippen LogP contribution in [0, 0.1) is 13.8 Å². The maximum absolute atomic E-state index is 14.3. The lowest BCUT2D eigenvalue weighted by molar-refractivity contribution is -0.131. The first-order chi connectivity index (χ1) is 21.0. The van der Waals surface area contributed by atoms with E-state index in [0.29, 0.717) is 52.7 Å². The molecule has 1 aliphatic carbocycles. The van der Waals surface area contributed by atoms with E-state index in [1.807, 2.05) is 26.0 Å². The van der Waals surface area contributed by atoms with Crippen LogP contribution < -0.4 is 16.2 Å². The molecule has 1 saturated carbocycles. The van der Waals surface area contributed by atoms with E-state index in [-0.39, 0.29) is 29.5 Å². The zero-order valence-electron chi connectivity index (χ0n) is 24.6. The average Bonchev–Trinajstić information content (AvgIpc) is 3.83. The molecule has 2 amide bonds. The van der Waals surface area contributed by atoms with Gasteiger partial charge in [-0.2, -0.15) is 0 Å². The number of sulfone groups is 1. The number of hydrogen-bond acceptors (Lipinski definition) is 8. The molecule has 1 fully saturated rings. The van der Waals surface area contributed by atoms with Crippen LogP contribution in [0.2, 0.25) is 0 Å². The second-order valence-corrected chi connectivity index (χ2v) is 13.6. The van der Waals surface area contributed by atoms with Crippen molar-refractivity contribution in [1.29, 1.82) is 0 Å². The minimum atomic E-state index is -3.61. The predicted molar refractivity (Wildman–Crippen MR) is 166 cm³/mol. The van der Waals surface area contributed by atoms with Gasteiger partial charge < -0.3 is 19.9 Å². The van der Waals surface area contributed by atoms with Gasteiger partial charge in [-0.25, -0.2) is 18.2 Å². The molecular weight excluding hydrogens is 582 g/mol. The van der Waals surface area contributed by atoms with Crippen LogP contribution in [0.15, 0.2) is 64.5 Å². The summed E-state index contributed by atoms with van der Waals surface area (Å²) in [6.45, 7) is 4.00. The number of hydrogen-bond donors (Lipinski definition) is 3. The van der Waals surface area contributed by atoms with Crippen LogP contribution in [0.1, 0.15) is 46.7 Å². The molecule has 0 saturated heterocycles. The summed E-state index contributed by atoms with van der Waals surface area (Å²) in [6, 6.07) is 12.7. The van der Waals surface area contributed by atoms with E-state index < -0.39 is 27.2 Å². The first-order valence-corrected chi connectivity index (χ1v) is 16.0. The molecule has 7 rings (SSSR count). The first kappa shape index (κ1) is 29.4. The molecule has 3 N–H and O–H groups in total. The summed E-state index contributed by atoms with van der Waals surface area (Å²) in [5.41, 5.74) is 5.10. The highest BCUT2D eigenvalue weighted by Gasteiger charge is 2.38. The monoisotopic (exact) mass is 615 g/mol. The Labute approximate surface area is 254 Å². The Morgan fingerprint density at radius 3 is 2.48 bits per heavy atom. The van der Waals surface area contributed by atoms with Gasteiger partial charge in [0.25, 0.3) is 5.56 Å². The summed E-state index contributed by atoms with van der Waals surface area (Å²) in [7, 11) is -1.99. The fourth-order valence-corrected chi connectivity index (χ4v) is 7.63. The van der Waals surface area contributed by atoms with Gasteiger partial charge in [-0.1, -0.05) is 12.1 Å². The lowest BCUT2D eigenvalue weighted by Crippen LogP contribution is -2.35. The van der Waals surface area contributed by atoms with E-state index in [9.17, 15) is 22.8 Å². The smallest absolute Gasteiger partial charge is 0.411 e. The number of fused-ring (bicyclic) bond motifs is 10. The minimum absolute atomic E-state index is 0.0276. The summed E-state index contributed by atoms with van der Waals surface area (Å²) >= 11 is 0. The van der Waals surface area contributed by atoms with Crippen LogP contribution in [-0.4, -0.2) is 54.2 Å². The highest BCUT2D eigenvalue weighted by Crippen LogP contribution is 2.36. The van der Waals surface area contributed by atoms with E-state index in [2.05, 4.69) is 20.6 Å². The standard InChI is InChI=1S/C32H33N5O6S/c1-18-12-20-13-19(2)25(18)10-11-43-32(40)36-22-5-9-28(44(41,42)24-6-7-24)21(14-22)16-37(3)31(39)29(20)35-23-4-8-27-26(15-23)30(38)34-17-33-27/h4-5,8-9,12-15,17,24,29,35H,6-7,10-11,16H2,1-3H3,(H,36,40)(H,33,34,38). The van der Waals surface area contributed by atoms with Crippen LogP contribution in [0.4, 0.5) is 16.2 Å². The van der Waals surface area contributed by atoms with E-state index in [4.69, 9.17) is 4.74 Å². The van der Waals surface area contributed by atoms with Crippen LogP contribution in [0.5, 0.6) is 0 Å². The number of aromatic nitrogens is 2. The van der Waals surface area contributed by atoms with E-state index in [1.165, 1.54) is 23.4 Å². The molecule has 1 aromatic heterocycles. The van der Waals surface area contributed by atoms with Gasteiger partial charge in [-0.15, -0.1) is 0 Å². The number of aromatic amines is 1. The second-order valence-electron chi connectivity index (χ2n) is 11.4. The zero-order chi connectivity index (χ0) is 31.2. The van der Waals surface area contributed by atoms with Crippen LogP contribution in [-0.2, 0) is 32.3 Å². The molecule has 44 heavy (non-hydrogen) atoms. The van der Waals surface area contributed by atoms with Gasteiger partial charge in [0.2, 0.25) is 5.91 Å². The van der Waals surface area contributed by atoms with Gasteiger partial charge in [-0.05, 0) is 90.9 Å². The number of ether oxygens (including phenoxy) is 1. The van der Waals surface area contributed by atoms with Gasteiger partial charge in [0.15, 0.2) is 9.84 Å². The predicted octanol–water partition coefficient (Wildman–Crippen LogP) is 4.39. The molecule has 4 aromatic rings. The average molecular weight is 616 g/mol. The fourth-order valence-electron chi connectivity index (χ4n) is 5.77. The molecule has 228 valence electrons. The second kappa shape index (κ2) is 11.4. The van der Waals surface area contributed by atoms with Crippen molar-refractivity contribution in [2.24, 2.45) is 0 Å². The van der Waals surface area contributed by atoms with Crippen LogP contribution in [0.3, 0.4) is 0 Å². The molecule has 3 aliphatic rings. The number of aryl methyl sites for hydroxylation is 2. The van der Waals surface area contributed by atoms with Crippen molar-refractivity contribution in [2.45, 2.75) is 55.8 Å². The number of anilines is 2. The van der Waals surface area contributed by atoms with Crippen LogP contribution in [0.25, 0.3) is 10.9 Å². The molecule has 0 radical (unpaired) electrons. The molecule has 11 nitrogen and oxygen atoms in total. The Balaban J connectivity index is 1.44. The van der Waals surface area contributed by atoms with Crippen molar-refractivity contribution in [3.8, 4) is 0 Å². The summed E-state index contributed by atoms with van der Waals surface area (Å²) < 4.78 is 32.2. The highest BCUT2D eigenvalue weighted by molar-refractivity contribution is 7.92. The SMILES string of the molecule is Cc1cc2cc(C)c1CCOC(=O)Nc1ccc(S(=O)(=O)C3CC3)c(c1)CN(C)C(=O)C2Nc1ccc2nc[nH]c(=O)c2c1. The number of rotatable bonds is 4. The van der Waals surface area contributed by atoms with Crippen molar-refractivity contribution in [2.75, 3.05) is 24.3 Å². The lowest BCUT2D eigenvalue weighted by Gasteiger charge is -2.28. The molecule has 2 aliphatic heterocycles. The van der Waals surface area contributed by atoms with E-state index in [1.54, 1.807) is 31.3 Å². The van der Waals surface area contributed by atoms with Gasteiger partial charge in [0.1, 0.15) is 6.04 Å². The summed E-state index contributed by atoms with van der Waals surface area (Å²) in [5.74, 6) is -0.309. The largest absolute Gasteiger partial charge is 0.449 e. The Morgan fingerprint density at radius 1 is 1.00 bits per heavy atom. The highest BCUT2D eigenvalue weighted by atomic mass is 32.2. The Bertz CT molecular complexity index is 1940. The van der Waals surface area contributed by atoms with Gasteiger partial charge in [-0.3, -0.25) is 14.9 Å². The van der Waals surface area contributed by atoms with Gasteiger partial charge in [0, 0.05) is 31.4 Å². The number of carbonyl (C=O) groups is 2. The third kappa shape index (κ3) is 5.77. The van der Waals surface area contributed by atoms with E-state index in [0.717, 1.165) is 16.7 Å². The molecule has 3 aromatic carbocycles. The third-order valence-corrected chi connectivity index (χ3v) is 10.6. The van der Waals surface area contributed by atoms with E-state index >= 15 is 0 Å². The first-order valence-electron chi connectivity index (χ1n) is 14.4. The molecule has 1 atom stereocenters. The number of likely N-dealkylation sites (N-methyl/N-ethyl adjacent to an activating group) is 1. The molecule has 12 heteroatoms. The number of benzene rings is 3. The third-order valence-electron chi connectivity index (χ3n) is 8.20. The number of nitrogens with zero attached hydrogens (tertiary/aromatic N) is 2. The zero-order valence-corrected chi connectivity index (χ0v) is 25.5. The summed E-state index contributed by atoms with van der Waals surface area (Å²) in [5, 5.41) is 5.95. The summed E-state index contributed by atoms with van der Waals surface area (Å²) in [4.78, 5) is 47.8. The fraction of sp³-hybridized carbons (Fsp3) is 0.312. The van der Waals surface area contributed by atoms with Gasteiger partial charge in [0.05, 0.1) is 34.0 Å². The van der Waals surface area contributed by atoms with Gasteiger partial charge >= 0.3 is 6.09 Å². The number of nitrogens with one attached hydrogen (secondary N) is 3.